The summed E-state index contributed by atoms with van der Waals surface area (Å²) in [6, 6.07) is 4.40. The van der Waals surface area contributed by atoms with E-state index in [0.717, 1.165) is 37.5 Å². The molecular weight excluding hydrogens is 314 g/mol. The molecule has 1 aliphatic carbocycles. The minimum Gasteiger partial charge on any atom is -0.465 e. The van der Waals surface area contributed by atoms with Gasteiger partial charge in [0, 0.05) is 38.8 Å². The molecule has 0 bridgehead atoms. The van der Waals surface area contributed by atoms with Gasteiger partial charge < -0.3 is 4.42 Å². The van der Waals surface area contributed by atoms with Gasteiger partial charge in [0.1, 0.15) is 11.5 Å². The van der Waals surface area contributed by atoms with Crippen molar-refractivity contribution in [2.75, 3.05) is 32.7 Å². The maximum atomic E-state index is 13.1. The Morgan fingerprint density at radius 1 is 1.04 bits per heavy atom. The number of nitrogens with zero attached hydrogens (tertiary/aromatic N) is 3. The number of furan rings is 1. The molecule has 23 heavy (non-hydrogen) atoms. The molecule has 0 spiro atoms. The van der Waals surface area contributed by atoms with Gasteiger partial charge in [0.05, 0.1) is 6.04 Å². The van der Waals surface area contributed by atoms with Gasteiger partial charge in [-0.05, 0) is 44.7 Å². The normalized spacial score (nSPS) is 28.5. The van der Waals surface area contributed by atoms with Gasteiger partial charge in [0.25, 0.3) is 10.2 Å². The van der Waals surface area contributed by atoms with E-state index in [4.69, 9.17) is 4.42 Å². The van der Waals surface area contributed by atoms with Crippen LogP contribution in [0.1, 0.15) is 43.2 Å². The quantitative estimate of drug-likeness (QED) is 0.839. The second-order valence-electron chi connectivity index (χ2n) is 6.89. The summed E-state index contributed by atoms with van der Waals surface area (Å²) >= 11 is 0. The van der Waals surface area contributed by atoms with Crippen LogP contribution < -0.4 is 0 Å². The van der Waals surface area contributed by atoms with E-state index < -0.39 is 10.2 Å². The zero-order chi connectivity index (χ0) is 16.0. The molecule has 128 valence electrons. The first-order valence-electron chi connectivity index (χ1n) is 8.63. The summed E-state index contributed by atoms with van der Waals surface area (Å²) in [5, 5.41) is 0. The molecule has 3 aliphatic rings. The molecule has 0 radical (unpaired) electrons. The van der Waals surface area contributed by atoms with E-state index in [9.17, 15) is 8.42 Å². The first-order valence-corrected chi connectivity index (χ1v) is 10.0. The Hall–Kier alpha value is -0.890. The fourth-order valence-corrected chi connectivity index (χ4v) is 5.63. The monoisotopic (exact) mass is 339 g/mol. The van der Waals surface area contributed by atoms with Gasteiger partial charge in [-0.3, -0.25) is 4.90 Å². The third-order valence-corrected chi connectivity index (χ3v) is 7.30. The number of aryl methyl sites for hydroxylation is 1. The molecule has 3 heterocycles. The zero-order valence-electron chi connectivity index (χ0n) is 13.6. The lowest BCUT2D eigenvalue weighted by Crippen LogP contribution is -2.53. The molecule has 0 amide bonds. The van der Waals surface area contributed by atoms with E-state index in [1.165, 1.54) is 12.8 Å². The highest BCUT2D eigenvalue weighted by Gasteiger charge is 2.42. The Morgan fingerprint density at radius 3 is 2.39 bits per heavy atom. The molecule has 1 atom stereocenters. The highest BCUT2D eigenvalue weighted by atomic mass is 32.2. The van der Waals surface area contributed by atoms with Crippen molar-refractivity contribution >= 4 is 10.2 Å². The second-order valence-corrected chi connectivity index (χ2v) is 8.77. The standard InChI is InChI=1S/C16H25N3O3S/c1-13-4-7-16(22-13)15-3-2-8-19(15)23(20,21)18-11-9-17(10-12-18)14-5-6-14/h4,7,14-15H,2-3,5-6,8-12H2,1H3/t15-/m1/s1. The van der Waals surface area contributed by atoms with E-state index in [-0.39, 0.29) is 6.04 Å². The summed E-state index contributed by atoms with van der Waals surface area (Å²) in [5.41, 5.74) is 0. The average molecular weight is 339 g/mol. The molecule has 0 N–H and O–H groups in total. The molecule has 4 rings (SSSR count). The minimum absolute atomic E-state index is 0.143. The molecule has 1 aromatic heterocycles. The lowest BCUT2D eigenvalue weighted by Gasteiger charge is -2.37. The lowest BCUT2D eigenvalue weighted by molar-refractivity contribution is 0.172. The molecule has 2 saturated heterocycles. The summed E-state index contributed by atoms with van der Waals surface area (Å²) in [6.45, 7) is 5.44. The van der Waals surface area contributed by atoms with Crippen LogP contribution in [0.15, 0.2) is 16.5 Å². The van der Waals surface area contributed by atoms with Gasteiger partial charge in [0.15, 0.2) is 0 Å². The summed E-state index contributed by atoms with van der Waals surface area (Å²) < 4.78 is 35.1. The molecule has 6 nitrogen and oxygen atoms in total. The Balaban J connectivity index is 1.48. The molecular formula is C16H25N3O3S. The van der Waals surface area contributed by atoms with Crippen molar-refractivity contribution < 1.29 is 12.8 Å². The highest BCUT2D eigenvalue weighted by molar-refractivity contribution is 7.86. The highest BCUT2D eigenvalue weighted by Crippen LogP contribution is 2.36. The van der Waals surface area contributed by atoms with Gasteiger partial charge in [-0.15, -0.1) is 0 Å². The fourth-order valence-electron chi connectivity index (χ4n) is 3.82. The van der Waals surface area contributed by atoms with Crippen molar-refractivity contribution in [3.63, 3.8) is 0 Å². The third kappa shape index (κ3) is 2.95. The largest absolute Gasteiger partial charge is 0.465 e. The van der Waals surface area contributed by atoms with E-state index >= 15 is 0 Å². The van der Waals surface area contributed by atoms with Gasteiger partial charge >= 0.3 is 0 Å². The predicted molar refractivity (Wildman–Crippen MR) is 87.2 cm³/mol. The van der Waals surface area contributed by atoms with E-state index in [2.05, 4.69) is 4.90 Å². The second kappa shape index (κ2) is 5.88. The molecule has 1 saturated carbocycles. The van der Waals surface area contributed by atoms with Gasteiger partial charge in [0.2, 0.25) is 0 Å². The van der Waals surface area contributed by atoms with Crippen LogP contribution in [-0.4, -0.2) is 60.7 Å². The topological polar surface area (TPSA) is 57.0 Å². The number of hydrogen-bond acceptors (Lipinski definition) is 4. The average Bonchev–Trinajstić information content (AvgIpc) is 3.10. The molecule has 2 aliphatic heterocycles. The smallest absolute Gasteiger partial charge is 0.282 e. The van der Waals surface area contributed by atoms with Gasteiger partial charge in [-0.1, -0.05) is 0 Å². The molecule has 1 aromatic rings. The van der Waals surface area contributed by atoms with Crippen LogP contribution in [0.25, 0.3) is 0 Å². The summed E-state index contributed by atoms with van der Waals surface area (Å²) in [6.07, 6.45) is 4.29. The summed E-state index contributed by atoms with van der Waals surface area (Å²) in [5.74, 6) is 1.61. The third-order valence-electron chi connectivity index (χ3n) is 5.25. The Morgan fingerprint density at radius 2 is 1.78 bits per heavy atom. The Bertz CT molecular complexity index is 660. The molecule has 0 unspecified atom stereocenters. The van der Waals surface area contributed by atoms with Gasteiger partial charge in [-0.2, -0.15) is 17.0 Å². The zero-order valence-corrected chi connectivity index (χ0v) is 14.5. The van der Waals surface area contributed by atoms with Crippen molar-refractivity contribution in [3.05, 3.63) is 23.7 Å². The van der Waals surface area contributed by atoms with Gasteiger partial charge in [-0.25, -0.2) is 0 Å². The van der Waals surface area contributed by atoms with E-state index in [1.807, 2.05) is 19.1 Å². The van der Waals surface area contributed by atoms with E-state index in [0.29, 0.717) is 25.7 Å². The van der Waals surface area contributed by atoms with Crippen LogP contribution in [0.3, 0.4) is 0 Å². The van der Waals surface area contributed by atoms with Crippen LogP contribution in [0.5, 0.6) is 0 Å². The summed E-state index contributed by atoms with van der Waals surface area (Å²) in [7, 11) is -3.40. The van der Waals surface area contributed by atoms with Crippen LogP contribution >= 0.6 is 0 Å². The first kappa shape index (κ1) is 15.6. The van der Waals surface area contributed by atoms with Crippen molar-refractivity contribution in [2.24, 2.45) is 0 Å². The van der Waals surface area contributed by atoms with Crippen molar-refractivity contribution in [3.8, 4) is 0 Å². The van der Waals surface area contributed by atoms with Crippen LogP contribution in [0.2, 0.25) is 0 Å². The van der Waals surface area contributed by atoms with Crippen molar-refractivity contribution in [1.82, 2.24) is 13.5 Å². The fraction of sp³-hybridized carbons (Fsp3) is 0.750. The van der Waals surface area contributed by atoms with Crippen LogP contribution in [-0.2, 0) is 10.2 Å². The number of rotatable bonds is 4. The molecule has 0 aromatic carbocycles. The molecule has 7 heteroatoms. The maximum absolute atomic E-state index is 13.1. The lowest BCUT2D eigenvalue weighted by atomic mass is 10.2. The van der Waals surface area contributed by atoms with E-state index in [1.54, 1.807) is 8.61 Å². The van der Waals surface area contributed by atoms with Crippen molar-refractivity contribution in [2.45, 2.75) is 44.7 Å². The SMILES string of the molecule is Cc1ccc([C@H]2CCCN2S(=O)(=O)N2CCN(C3CC3)CC2)o1. The predicted octanol–water partition coefficient (Wildman–Crippen LogP) is 1.75. The first-order chi connectivity index (χ1) is 11.1. The van der Waals surface area contributed by atoms with Crippen LogP contribution in [0, 0.1) is 6.92 Å². The molecule has 3 fully saturated rings. The van der Waals surface area contributed by atoms with Crippen molar-refractivity contribution in [1.29, 1.82) is 0 Å². The number of piperazine rings is 1. The van der Waals surface area contributed by atoms with Crippen LogP contribution in [0.4, 0.5) is 0 Å². The Kier molecular flexibility index (Phi) is 3.99. The maximum Gasteiger partial charge on any atom is 0.282 e. The minimum atomic E-state index is -3.40. The Labute approximate surface area is 138 Å². The number of hydrogen-bond donors (Lipinski definition) is 0. The summed E-state index contributed by atoms with van der Waals surface area (Å²) in [4.78, 5) is 2.43.